The summed E-state index contributed by atoms with van der Waals surface area (Å²) >= 11 is 0.589. The summed E-state index contributed by atoms with van der Waals surface area (Å²) in [5.41, 5.74) is 1.20. The van der Waals surface area contributed by atoms with E-state index in [1.165, 1.54) is 5.57 Å². The van der Waals surface area contributed by atoms with Gasteiger partial charge in [0.1, 0.15) is 11.5 Å². The van der Waals surface area contributed by atoms with E-state index in [1.807, 2.05) is 6.07 Å². The third kappa shape index (κ3) is 6.10. The van der Waals surface area contributed by atoms with Crippen LogP contribution in [-0.4, -0.2) is 36.3 Å². The van der Waals surface area contributed by atoms with Crippen molar-refractivity contribution in [2.75, 3.05) is 19.6 Å². The second-order valence-electron chi connectivity index (χ2n) is 5.83. The Bertz CT molecular complexity index is 470. The van der Waals surface area contributed by atoms with E-state index in [-0.39, 0.29) is 5.75 Å². The van der Waals surface area contributed by atoms with Gasteiger partial charge in [0.25, 0.3) is 5.76 Å². The van der Waals surface area contributed by atoms with Crippen LogP contribution in [0, 0.1) is 0 Å². The summed E-state index contributed by atoms with van der Waals surface area (Å²) in [6, 6.07) is 4.14. The van der Waals surface area contributed by atoms with Crippen molar-refractivity contribution in [1.29, 1.82) is 0 Å². The molecular formula is C16H24F2N2OS. The lowest BCUT2D eigenvalue weighted by molar-refractivity contribution is 0.209. The van der Waals surface area contributed by atoms with E-state index in [4.69, 9.17) is 4.42 Å². The number of halogens is 2. The van der Waals surface area contributed by atoms with Gasteiger partial charge in [-0.15, -0.1) is 0 Å². The number of furan rings is 1. The van der Waals surface area contributed by atoms with Crippen molar-refractivity contribution in [1.82, 2.24) is 10.2 Å². The number of hydrogen-bond donors (Lipinski definition) is 1. The van der Waals surface area contributed by atoms with Crippen molar-refractivity contribution in [3.63, 3.8) is 0 Å². The monoisotopic (exact) mass is 330 g/mol. The van der Waals surface area contributed by atoms with Crippen molar-refractivity contribution in [2.24, 2.45) is 0 Å². The van der Waals surface area contributed by atoms with Gasteiger partial charge in [0.15, 0.2) is 0 Å². The molecule has 3 nitrogen and oxygen atoms in total. The highest BCUT2D eigenvalue weighted by Gasteiger charge is 2.18. The van der Waals surface area contributed by atoms with E-state index < -0.39 is 5.76 Å². The molecule has 124 valence electrons. The van der Waals surface area contributed by atoms with Gasteiger partial charge in [0, 0.05) is 12.6 Å². The van der Waals surface area contributed by atoms with Crippen LogP contribution >= 0.6 is 11.8 Å². The Kier molecular flexibility index (Phi) is 6.92. The van der Waals surface area contributed by atoms with Gasteiger partial charge < -0.3 is 9.73 Å². The average Bonchev–Trinajstić information content (AvgIpc) is 2.92. The third-order valence-corrected chi connectivity index (χ3v) is 4.42. The number of rotatable bonds is 8. The molecule has 0 amide bonds. The number of hydrogen-bond acceptors (Lipinski definition) is 4. The number of thioether (sulfide) groups is 1. The zero-order valence-electron chi connectivity index (χ0n) is 13.0. The van der Waals surface area contributed by atoms with Gasteiger partial charge in [-0.1, -0.05) is 23.9 Å². The summed E-state index contributed by atoms with van der Waals surface area (Å²) in [7, 11) is 0. The lowest BCUT2D eigenvalue weighted by Crippen LogP contribution is -2.42. The highest BCUT2D eigenvalue weighted by atomic mass is 32.2. The van der Waals surface area contributed by atoms with E-state index in [9.17, 15) is 8.78 Å². The van der Waals surface area contributed by atoms with Gasteiger partial charge in [-0.3, -0.25) is 4.90 Å². The van der Waals surface area contributed by atoms with Crippen molar-refractivity contribution in [3.05, 3.63) is 35.8 Å². The van der Waals surface area contributed by atoms with E-state index >= 15 is 0 Å². The molecule has 1 N–H and O–H groups in total. The summed E-state index contributed by atoms with van der Waals surface area (Å²) in [5, 5.41) is 3.49. The van der Waals surface area contributed by atoms with Crippen LogP contribution in [-0.2, 0) is 12.3 Å². The van der Waals surface area contributed by atoms with Crippen molar-refractivity contribution in [2.45, 2.75) is 43.9 Å². The smallest absolute Gasteiger partial charge is 0.284 e. The first-order valence-corrected chi connectivity index (χ1v) is 8.65. The minimum absolute atomic E-state index is 0.219. The number of piperidine rings is 1. The molecule has 1 aromatic heterocycles. The second kappa shape index (κ2) is 8.70. The fourth-order valence-corrected chi connectivity index (χ4v) is 3.11. The summed E-state index contributed by atoms with van der Waals surface area (Å²) in [6.45, 7) is 9.82. The van der Waals surface area contributed by atoms with Crippen LogP contribution in [0.3, 0.4) is 0 Å². The third-order valence-electron chi connectivity index (χ3n) is 3.71. The maximum atomic E-state index is 12.1. The molecule has 0 radical (unpaired) electrons. The summed E-state index contributed by atoms with van der Waals surface area (Å²) in [6.07, 6.45) is 2.23. The SMILES string of the molecule is C=C(C)CN1CCC(NCc2ccc(CSC(F)F)o2)CC1. The molecule has 1 saturated heterocycles. The first-order chi connectivity index (χ1) is 10.5. The maximum absolute atomic E-state index is 12.1. The molecule has 0 aliphatic carbocycles. The highest BCUT2D eigenvalue weighted by molar-refractivity contribution is 7.98. The molecule has 2 rings (SSSR count). The van der Waals surface area contributed by atoms with E-state index in [2.05, 4.69) is 23.7 Å². The molecule has 0 aromatic carbocycles. The van der Waals surface area contributed by atoms with Crippen LogP contribution < -0.4 is 5.32 Å². The van der Waals surface area contributed by atoms with Gasteiger partial charge in [0.2, 0.25) is 0 Å². The molecule has 6 heteroatoms. The van der Waals surface area contributed by atoms with Gasteiger partial charge >= 0.3 is 0 Å². The van der Waals surface area contributed by atoms with Crippen molar-refractivity contribution < 1.29 is 13.2 Å². The zero-order chi connectivity index (χ0) is 15.9. The quantitative estimate of drug-likeness (QED) is 0.733. The fraction of sp³-hybridized carbons (Fsp3) is 0.625. The molecular weight excluding hydrogens is 306 g/mol. The molecule has 1 aliphatic rings. The molecule has 0 unspecified atom stereocenters. The normalized spacial score (nSPS) is 17.3. The number of likely N-dealkylation sites (tertiary alicyclic amines) is 1. The van der Waals surface area contributed by atoms with Crippen LogP contribution in [0.15, 0.2) is 28.7 Å². The predicted octanol–water partition coefficient (Wildman–Crippen LogP) is 3.87. The zero-order valence-corrected chi connectivity index (χ0v) is 13.8. The maximum Gasteiger partial charge on any atom is 0.284 e. The molecule has 1 fully saturated rings. The standard InChI is InChI=1S/C16H24F2N2OS/c1-12(2)10-20-7-5-13(6-8-20)19-9-14-3-4-15(21-14)11-22-16(17)18/h3-4,13,16,19H,1,5-11H2,2H3. The van der Waals surface area contributed by atoms with E-state index in [0.29, 0.717) is 30.1 Å². The molecule has 0 spiro atoms. The summed E-state index contributed by atoms with van der Waals surface area (Å²) < 4.78 is 29.8. The topological polar surface area (TPSA) is 28.4 Å². The Morgan fingerprint density at radius 3 is 2.73 bits per heavy atom. The van der Waals surface area contributed by atoms with Gasteiger partial charge in [-0.05, 0) is 45.0 Å². The fourth-order valence-electron chi connectivity index (χ4n) is 2.66. The first-order valence-electron chi connectivity index (χ1n) is 7.60. The molecule has 0 bridgehead atoms. The first kappa shape index (κ1) is 17.5. The Labute approximate surface area is 135 Å². The van der Waals surface area contributed by atoms with Crippen molar-refractivity contribution in [3.8, 4) is 0 Å². The lowest BCUT2D eigenvalue weighted by Gasteiger charge is -2.32. The largest absolute Gasteiger partial charge is 0.464 e. The minimum Gasteiger partial charge on any atom is -0.464 e. The average molecular weight is 330 g/mol. The lowest BCUT2D eigenvalue weighted by atomic mass is 10.0. The predicted molar refractivity (Wildman–Crippen MR) is 87.1 cm³/mol. The van der Waals surface area contributed by atoms with Crippen LogP contribution in [0.1, 0.15) is 31.3 Å². The van der Waals surface area contributed by atoms with Crippen LogP contribution in [0.25, 0.3) is 0 Å². The van der Waals surface area contributed by atoms with Crippen molar-refractivity contribution >= 4 is 11.8 Å². The molecule has 0 saturated carbocycles. The second-order valence-corrected chi connectivity index (χ2v) is 6.81. The molecule has 0 atom stereocenters. The molecule has 1 aromatic rings. The van der Waals surface area contributed by atoms with Gasteiger partial charge in [-0.2, -0.15) is 8.78 Å². The minimum atomic E-state index is -2.35. The van der Waals surface area contributed by atoms with E-state index in [1.54, 1.807) is 6.07 Å². The van der Waals surface area contributed by atoms with Gasteiger partial charge in [-0.25, -0.2) is 0 Å². The molecule has 2 heterocycles. The van der Waals surface area contributed by atoms with E-state index in [0.717, 1.165) is 38.2 Å². The number of alkyl halides is 2. The molecule has 1 aliphatic heterocycles. The Morgan fingerprint density at radius 1 is 1.41 bits per heavy atom. The number of nitrogens with zero attached hydrogens (tertiary/aromatic N) is 1. The van der Waals surface area contributed by atoms with Crippen LogP contribution in [0.4, 0.5) is 8.78 Å². The Hall–Kier alpha value is -0.850. The molecule has 22 heavy (non-hydrogen) atoms. The number of nitrogens with one attached hydrogen (secondary N) is 1. The van der Waals surface area contributed by atoms with Gasteiger partial charge in [0.05, 0.1) is 12.3 Å². The highest BCUT2D eigenvalue weighted by Crippen LogP contribution is 2.21. The van der Waals surface area contributed by atoms with Crippen LogP contribution in [0.5, 0.6) is 0 Å². The summed E-state index contributed by atoms with van der Waals surface area (Å²) in [5.74, 6) is -0.708. The summed E-state index contributed by atoms with van der Waals surface area (Å²) in [4.78, 5) is 2.42. The van der Waals surface area contributed by atoms with Crippen LogP contribution in [0.2, 0.25) is 0 Å². The Balaban J connectivity index is 1.67. The Morgan fingerprint density at radius 2 is 2.09 bits per heavy atom.